The van der Waals surface area contributed by atoms with Crippen LogP contribution < -0.4 is 5.32 Å². The van der Waals surface area contributed by atoms with Crippen LogP contribution in [-0.2, 0) is 9.84 Å². The van der Waals surface area contributed by atoms with Crippen molar-refractivity contribution in [3.8, 4) is 0 Å². The molecule has 0 saturated carbocycles. The predicted molar refractivity (Wildman–Crippen MR) is 50.3 cm³/mol. The van der Waals surface area contributed by atoms with E-state index in [0.29, 0.717) is 13.0 Å². The molecule has 78 valence electrons. The molecule has 1 heterocycles. The first-order chi connectivity index (χ1) is 5.91. The second-order valence-electron chi connectivity index (χ2n) is 3.81. The topological polar surface area (TPSA) is 46.2 Å². The molecule has 1 unspecified atom stereocenters. The summed E-state index contributed by atoms with van der Waals surface area (Å²) in [6, 6.07) is 0. The molecule has 1 atom stereocenters. The third kappa shape index (κ3) is 4.04. The zero-order chi connectivity index (χ0) is 9.95. The fraction of sp³-hybridized carbons (Fsp3) is 1.00. The molecule has 0 radical (unpaired) electrons. The van der Waals surface area contributed by atoms with Crippen molar-refractivity contribution < 1.29 is 12.8 Å². The molecule has 1 fully saturated rings. The molecule has 0 bridgehead atoms. The zero-order valence-electron chi connectivity index (χ0n) is 7.85. The lowest BCUT2D eigenvalue weighted by Gasteiger charge is -2.29. The number of hydrogen-bond donors (Lipinski definition) is 1. The van der Waals surface area contributed by atoms with E-state index >= 15 is 0 Å². The highest BCUT2D eigenvalue weighted by atomic mass is 32.2. The summed E-state index contributed by atoms with van der Waals surface area (Å²) in [7, 11) is -3.03. The fourth-order valence-electron chi connectivity index (χ4n) is 1.51. The van der Waals surface area contributed by atoms with Crippen molar-refractivity contribution in [1.82, 2.24) is 5.32 Å². The van der Waals surface area contributed by atoms with Gasteiger partial charge in [0, 0.05) is 12.8 Å². The minimum absolute atomic E-state index is 0.0504. The molecule has 1 rings (SSSR count). The van der Waals surface area contributed by atoms with Gasteiger partial charge >= 0.3 is 0 Å². The normalized spacial score (nSPS) is 30.3. The van der Waals surface area contributed by atoms with Crippen LogP contribution in [0.25, 0.3) is 0 Å². The van der Waals surface area contributed by atoms with Crippen LogP contribution in [0.15, 0.2) is 0 Å². The maximum Gasteiger partial charge on any atom is 0.147 e. The lowest BCUT2D eigenvalue weighted by atomic mass is 9.94. The standard InChI is InChI=1S/C8H16FNO2S/c1-13(11,12)6-4-8(9)3-2-5-10-7-8/h10H,2-7H2,1H3. The highest BCUT2D eigenvalue weighted by Crippen LogP contribution is 2.25. The van der Waals surface area contributed by atoms with E-state index in [1.165, 1.54) is 0 Å². The second-order valence-corrected chi connectivity index (χ2v) is 6.07. The highest BCUT2D eigenvalue weighted by Gasteiger charge is 2.32. The minimum Gasteiger partial charge on any atom is -0.314 e. The number of nitrogens with one attached hydrogen (secondary N) is 1. The third-order valence-corrected chi connectivity index (χ3v) is 3.29. The van der Waals surface area contributed by atoms with Crippen LogP contribution in [0, 0.1) is 0 Å². The van der Waals surface area contributed by atoms with Crippen LogP contribution in [0.4, 0.5) is 4.39 Å². The predicted octanol–water partition coefficient (Wildman–Crippen LogP) is 0.513. The van der Waals surface area contributed by atoms with Crippen LogP contribution in [0.3, 0.4) is 0 Å². The molecule has 0 spiro atoms. The van der Waals surface area contributed by atoms with Crippen molar-refractivity contribution in [2.24, 2.45) is 0 Å². The van der Waals surface area contributed by atoms with Gasteiger partial charge in [0.15, 0.2) is 0 Å². The summed E-state index contributed by atoms with van der Waals surface area (Å²) in [6.07, 6.45) is 2.54. The first-order valence-corrected chi connectivity index (χ1v) is 6.55. The summed E-state index contributed by atoms with van der Waals surface area (Å²) in [5, 5.41) is 2.94. The largest absolute Gasteiger partial charge is 0.314 e. The van der Waals surface area contributed by atoms with E-state index in [1.54, 1.807) is 0 Å². The van der Waals surface area contributed by atoms with Crippen LogP contribution in [0.2, 0.25) is 0 Å². The van der Waals surface area contributed by atoms with E-state index < -0.39 is 15.5 Å². The number of halogens is 1. The molecular formula is C8H16FNO2S. The maximum atomic E-state index is 13.8. The monoisotopic (exact) mass is 209 g/mol. The van der Waals surface area contributed by atoms with Crippen LogP contribution in [0.1, 0.15) is 19.3 Å². The summed E-state index contributed by atoms with van der Waals surface area (Å²) in [5.74, 6) is -0.0504. The van der Waals surface area contributed by atoms with Crippen LogP contribution >= 0.6 is 0 Å². The average Bonchev–Trinajstić information content (AvgIpc) is 2.02. The molecule has 0 aliphatic carbocycles. The smallest absolute Gasteiger partial charge is 0.147 e. The zero-order valence-corrected chi connectivity index (χ0v) is 8.66. The van der Waals surface area contributed by atoms with Crippen molar-refractivity contribution in [2.45, 2.75) is 24.9 Å². The Labute approximate surface area is 78.6 Å². The molecule has 5 heteroatoms. The van der Waals surface area contributed by atoms with Crippen molar-refractivity contribution in [3.05, 3.63) is 0 Å². The Kier molecular flexibility index (Phi) is 3.29. The molecule has 3 nitrogen and oxygen atoms in total. The molecule has 1 saturated heterocycles. The summed E-state index contributed by atoms with van der Waals surface area (Å²) in [6.45, 7) is 1.13. The minimum atomic E-state index is -3.03. The first kappa shape index (κ1) is 10.9. The Morgan fingerprint density at radius 1 is 1.54 bits per heavy atom. The van der Waals surface area contributed by atoms with Gasteiger partial charge in [-0.1, -0.05) is 0 Å². The first-order valence-electron chi connectivity index (χ1n) is 4.49. The van der Waals surface area contributed by atoms with Crippen molar-refractivity contribution in [3.63, 3.8) is 0 Å². The van der Waals surface area contributed by atoms with E-state index in [1.807, 2.05) is 0 Å². The van der Waals surface area contributed by atoms with Gasteiger partial charge in [0.25, 0.3) is 0 Å². The Hall–Kier alpha value is -0.160. The summed E-state index contributed by atoms with van der Waals surface area (Å²) >= 11 is 0. The Bertz CT molecular complexity index is 257. The van der Waals surface area contributed by atoms with Gasteiger partial charge in [-0.2, -0.15) is 0 Å². The molecule has 0 aromatic heterocycles. The third-order valence-electron chi connectivity index (χ3n) is 2.34. The van der Waals surface area contributed by atoms with E-state index in [-0.39, 0.29) is 12.2 Å². The molecular weight excluding hydrogens is 193 g/mol. The summed E-state index contributed by atoms with van der Waals surface area (Å²) < 4.78 is 35.4. The van der Waals surface area contributed by atoms with Gasteiger partial charge in [-0.05, 0) is 25.8 Å². The van der Waals surface area contributed by atoms with Crippen molar-refractivity contribution in [1.29, 1.82) is 0 Å². The Morgan fingerprint density at radius 3 is 2.69 bits per heavy atom. The Balaban J connectivity index is 2.42. The number of hydrogen-bond acceptors (Lipinski definition) is 3. The number of piperidine rings is 1. The average molecular weight is 209 g/mol. The summed E-state index contributed by atoms with van der Waals surface area (Å²) in [4.78, 5) is 0. The molecule has 1 aliphatic rings. The molecule has 1 N–H and O–H groups in total. The number of sulfone groups is 1. The van der Waals surface area contributed by atoms with Gasteiger partial charge < -0.3 is 5.32 Å². The Morgan fingerprint density at radius 2 is 2.23 bits per heavy atom. The molecule has 1 aliphatic heterocycles. The van der Waals surface area contributed by atoms with E-state index in [0.717, 1.165) is 19.2 Å². The van der Waals surface area contributed by atoms with Gasteiger partial charge in [0.1, 0.15) is 15.5 Å². The quantitative estimate of drug-likeness (QED) is 0.737. The molecule has 0 aromatic carbocycles. The second kappa shape index (κ2) is 3.92. The number of rotatable bonds is 3. The lowest BCUT2D eigenvalue weighted by molar-refractivity contribution is 0.118. The molecule has 13 heavy (non-hydrogen) atoms. The van der Waals surface area contributed by atoms with Gasteiger partial charge in [0.05, 0.1) is 5.75 Å². The fourth-order valence-corrected chi connectivity index (χ4v) is 2.25. The maximum absolute atomic E-state index is 13.8. The number of alkyl halides is 1. The van der Waals surface area contributed by atoms with E-state index in [9.17, 15) is 12.8 Å². The lowest BCUT2D eigenvalue weighted by Crippen LogP contribution is -2.43. The van der Waals surface area contributed by atoms with E-state index in [4.69, 9.17) is 0 Å². The van der Waals surface area contributed by atoms with Gasteiger partial charge in [-0.3, -0.25) is 0 Å². The molecule has 0 aromatic rings. The molecule has 0 amide bonds. The highest BCUT2D eigenvalue weighted by molar-refractivity contribution is 7.90. The van der Waals surface area contributed by atoms with E-state index in [2.05, 4.69) is 5.32 Å². The van der Waals surface area contributed by atoms with Crippen LogP contribution in [-0.4, -0.2) is 39.2 Å². The van der Waals surface area contributed by atoms with Crippen molar-refractivity contribution in [2.75, 3.05) is 25.1 Å². The van der Waals surface area contributed by atoms with Gasteiger partial charge in [-0.25, -0.2) is 12.8 Å². The van der Waals surface area contributed by atoms with Gasteiger partial charge in [0.2, 0.25) is 0 Å². The SMILES string of the molecule is CS(=O)(=O)CCC1(F)CCCNC1. The van der Waals surface area contributed by atoms with Gasteiger partial charge in [-0.15, -0.1) is 0 Å². The summed E-state index contributed by atoms with van der Waals surface area (Å²) in [5.41, 5.74) is -1.30. The van der Waals surface area contributed by atoms with Crippen molar-refractivity contribution >= 4 is 9.84 Å². The van der Waals surface area contributed by atoms with Crippen LogP contribution in [0.5, 0.6) is 0 Å².